The standard InChI is InChI=1S/C10H14.2C9H12.2C2H6.2C2H4/c1-7-5-9(3)10(4)6-8(7)2;2*1-7-4-5-8(2)9(3)6-7;4*1-2/h5-6H,1-4H3;2*4-6H,1-3H3;2*1-2H3;2*1-2H2. The summed E-state index contributed by atoms with van der Waals surface area (Å²) >= 11 is 0. The van der Waals surface area contributed by atoms with Crippen LogP contribution in [0, 0.1) is 69.2 Å². The van der Waals surface area contributed by atoms with Crippen molar-refractivity contribution in [1.29, 1.82) is 0 Å². The summed E-state index contributed by atoms with van der Waals surface area (Å²) in [6, 6.07) is 17.5. The van der Waals surface area contributed by atoms with E-state index in [1.54, 1.807) is 0 Å². The van der Waals surface area contributed by atoms with Crippen LogP contribution in [0.15, 0.2) is 74.8 Å². The van der Waals surface area contributed by atoms with E-state index in [0.717, 1.165) is 0 Å². The van der Waals surface area contributed by atoms with Crippen molar-refractivity contribution in [1.82, 2.24) is 0 Å². The Morgan fingerprint density at radius 3 is 0.667 bits per heavy atom. The normalized spacial score (nSPS) is 8.17. The summed E-state index contributed by atoms with van der Waals surface area (Å²) in [7, 11) is 0. The second-order valence-electron chi connectivity index (χ2n) is 8.20. The lowest BCUT2D eigenvalue weighted by atomic mass is 10.0. The van der Waals surface area contributed by atoms with E-state index in [1.165, 1.54) is 55.6 Å². The molecule has 0 aromatic heterocycles. The van der Waals surface area contributed by atoms with Crippen molar-refractivity contribution in [3.05, 3.63) is 130 Å². The van der Waals surface area contributed by atoms with Gasteiger partial charge in [0.15, 0.2) is 0 Å². The fourth-order valence-electron chi connectivity index (χ4n) is 2.89. The smallest absolute Gasteiger partial charge is 0.0395 e. The molecule has 0 radical (unpaired) electrons. The minimum absolute atomic E-state index is 1.35. The van der Waals surface area contributed by atoms with Gasteiger partial charge in [-0.05, 0) is 114 Å². The zero-order valence-corrected chi connectivity index (χ0v) is 26.4. The van der Waals surface area contributed by atoms with Crippen molar-refractivity contribution in [2.24, 2.45) is 0 Å². The molecule has 0 aliphatic carbocycles. The molecule has 3 rings (SSSR count). The van der Waals surface area contributed by atoms with E-state index in [9.17, 15) is 0 Å². The van der Waals surface area contributed by atoms with E-state index in [4.69, 9.17) is 0 Å². The Morgan fingerprint density at radius 1 is 0.306 bits per heavy atom. The first-order chi connectivity index (χ1) is 17.0. The highest BCUT2D eigenvalue weighted by atomic mass is 14.0. The first-order valence-electron chi connectivity index (χ1n) is 13.1. The SMILES string of the molecule is C=C.C=C.CC.CC.Cc1cc(C)c(C)cc1C.Cc1ccc(C)c(C)c1.Cc1ccc(C)c(C)c1. The van der Waals surface area contributed by atoms with Crippen molar-refractivity contribution in [3.63, 3.8) is 0 Å². The van der Waals surface area contributed by atoms with Gasteiger partial charge in [-0.25, -0.2) is 0 Å². The van der Waals surface area contributed by atoms with Gasteiger partial charge in [-0.3, -0.25) is 0 Å². The van der Waals surface area contributed by atoms with Crippen LogP contribution in [-0.4, -0.2) is 0 Å². The summed E-state index contributed by atoms with van der Waals surface area (Å²) in [4.78, 5) is 0. The third-order valence-electron chi connectivity index (χ3n) is 5.43. The summed E-state index contributed by atoms with van der Waals surface area (Å²) in [5.41, 5.74) is 13.8. The van der Waals surface area contributed by atoms with Crippen molar-refractivity contribution in [3.8, 4) is 0 Å². The third kappa shape index (κ3) is 18.5. The predicted molar refractivity (Wildman–Crippen MR) is 172 cm³/mol. The van der Waals surface area contributed by atoms with Gasteiger partial charge < -0.3 is 0 Å². The zero-order valence-electron chi connectivity index (χ0n) is 26.4. The van der Waals surface area contributed by atoms with E-state index >= 15 is 0 Å². The first-order valence-corrected chi connectivity index (χ1v) is 13.1. The van der Waals surface area contributed by atoms with E-state index in [2.05, 4.69) is 144 Å². The molecule has 0 unspecified atom stereocenters. The molecule has 0 heteroatoms. The fraction of sp³-hybridized carbons (Fsp3) is 0.389. The molecule has 0 N–H and O–H groups in total. The Bertz CT molecular complexity index is 843. The van der Waals surface area contributed by atoms with Crippen LogP contribution < -0.4 is 0 Å². The molecule has 0 fully saturated rings. The molecule has 0 bridgehead atoms. The zero-order chi connectivity index (χ0) is 29.4. The van der Waals surface area contributed by atoms with Crippen LogP contribution in [0.2, 0.25) is 0 Å². The molecule has 0 aliphatic heterocycles. The minimum Gasteiger partial charge on any atom is -0.106 e. The summed E-state index contributed by atoms with van der Waals surface area (Å²) in [5.74, 6) is 0. The lowest BCUT2D eigenvalue weighted by molar-refractivity contribution is 1.24. The monoisotopic (exact) mass is 490 g/mol. The average molecular weight is 491 g/mol. The largest absolute Gasteiger partial charge is 0.106 e. The molecule has 0 saturated carbocycles. The van der Waals surface area contributed by atoms with Crippen molar-refractivity contribution < 1.29 is 0 Å². The molecular weight excluding hydrogens is 432 g/mol. The summed E-state index contributed by atoms with van der Waals surface area (Å²) < 4.78 is 0. The number of benzene rings is 3. The Hall–Kier alpha value is -2.86. The van der Waals surface area contributed by atoms with Gasteiger partial charge in [-0.15, -0.1) is 26.3 Å². The van der Waals surface area contributed by atoms with Crippen LogP contribution in [0.1, 0.15) is 83.3 Å². The lowest BCUT2D eigenvalue weighted by Crippen LogP contribution is -1.86. The Labute approximate surface area is 227 Å². The van der Waals surface area contributed by atoms with Crippen molar-refractivity contribution in [2.75, 3.05) is 0 Å². The van der Waals surface area contributed by atoms with Crippen LogP contribution in [0.3, 0.4) is 0 Å². The summed E-state index contributed by atoms with van der Waals surface area (Å²) in [6.07, 6.45) is 0. The van der Waals surface area contributed by atoms with Gasteiger partial charge >= 0.3 is 0 Å². The van der Waals surface area contributed by atoms with Gasteiger partial charge in [-0.1, -0.05) is 87.4 Å². The van der Waals surface area contributed by atoms with Crippen LogP contribution in [0.5, 0.6) is 0 Å². The molecule has 0 atom stereocenters. The van der Waals surface area contributed by atoms with Gasteiger partial charge in [0.1, 0.15) is 0 Å². The molecule has 3 aromatic rings. The maximum absolute atomic E-state index is 3.00. The number of hydrogen-bond donors (Lipinski definition) is 0. The molecule has 0 nitrogen and oxygen atoms in total. The Kier molecular flexibility index (Phi) is 28.3. The first kappa shape index (κ1) is 40.3. The van der Waals surface area contributed by atoms with Gasteiger partial charge in [0, 0.05) is 0 Å². The number of hydrogen-bond acceptors (Lipinski definition) is 0. The summed E-state index contributed by atoms with van der Waals surface area (Å²) in [5, 5.41) is 0. The van der Waals surface area contributed by atoms with Gasteiger partial charge in [0.05, 0.1) is 0 Å². The summed E-state index contributed by atoms with van der Waals surface area (Å²) in [6.45, 7) is 41.4. The predicted octanol–water partition coefficient (Wildman–Crippen LogP) is 11.8. The highest BCUT2D eigenvalue weighted by Crippen LogP contribution is 2.13. The molecule has 0 aliphatic rings. The maximum Gasteiger partial charge on any atom is -0.0395 e. The van der Waals surface area contributed by atoms with Crippen LogP contribution in [0.25, 0.3) is 0 Å². The van der Waals surface area contributed by atoms with Crippen molar-refractivity contribution in [2.45, 2.75) is 96.9 Å². The topological polar surface area (TPSA) is 0 Å². The van der Waals surface area contributed by atoms with Crippen LogP contribution >= 0.6 is 0 Å². The van der Waals surface area contributed by atoms with Crippen LogP contribution in [0.4, 0.5) is 0 Å². The minimum atomic E-state index is 1.35. The Morgan fingerprint density at radius 2 is 0.500 bits per heavy atom. The maximum atomic E-state index is 3.00. The molecule has 0 saturated heterocycles. The van der Waals surface area contributed by atoms with E-state index in [-0.39, 0.29) is 0 Å². The highest BCUT2D eigenvalue weighted by Gasteiger charge is 1.95. The highest BCUT2D eigenvalue weighted by molar-refractivity contribution is 5.35. The third-order valence-corrected chi connectivity index (χ3v) is 5.43. The molecular formula is C36H58. The van der Waals surface area contributed by atoms with E-state index < -0.39 is 0 Å². The van der Waals surface area contributed by atoms with Crippen LogP contribution in [-0.2, 0) is 0 Å². The lowest BCUT2D eigenvalue weighted by Gasteiger charge is -2.04. The molecule has 36 heavy (non-hydrogen) atoms. The molecule has 0 heterocycles. The van der Waals surface area contributed by atoms with E-state index in [0.29, 0.717) is 0 Å². The second kappa shape index (κ2) is 25.2. The number of rotatable bonds is 0. The molecule has 202 valence electrons. The van der Waals surface area contributed by atoms with Gasteiger partial charge in [0.2, 0.25) is 0 Å². The fourth-order valence-corrected chi connectivity index (χ4v) is 2.89. The molecule has 0 spiro atoms. The van der Waals surface area contributed by atoms with Crippen molar-refractivity contribution >= 4 is 0 Å². The average Bonchev–Trinajstić information content (AvgIpc) is 2.89. The second-order valence-corrected chi connectivity index (χ2v) is 8.20. The quantitative estimate of drug-likeness (QED) is 0.275. The van der Waals surface area contributed by atoms with Gasteiger partial charge in [-0.2, -0.15) is 0 Å². The number of aryl methyl sites for hydroxylation is 10. The molecule has 3 aromatic carbocycles. The Balaban J connectivity index is -0.000000187. The van der Waals surface area contributed by atoms with E-state index in [1.807, 2.05) is 27.7 Å². The van der Waals surface area contributed by atoms with Gasteiger partial charge in [0.25, 0.3) is 0 Å². The molecule has 0 amide bonds.